The maximum atomic E-state index is 15.3. The molecule has 1 aliphatic heterocycles. The summed E-state index contributed by atoms with van der Waals surface area (Å²) in [4.78, 5) is 10.1. The number of fused-ring (bicyclic) bond motifs is 1. The van der Waals surface area contributed by atoms with E-state index in [1.54, 1.807) is 0 Å². The molecule has 0 aliphatic carbocycles. The molecule has 238 valence electrons. The molecule has 4 nitrogen and oxygen atoms in total. The van der Waals surface area contributed by atoms with Gasteiger partial charge in [-0.25, -0.2) is 4.39 Å². The largest absolute Gasteiger partial charge is 0.495 e. The molecule has 0 saturated carbocycles. The first-order valence-corrected chi connectivity index (χ1v) is 18.6. The van der Waals surface area contributed by atoms with Crippen molar-refractivity contribution in [3.8, 4) is 11.5 Å². The van der Waals surface area contributed by atoms with Crippen LogP contribution in [0.25, 0.3) is 10.8 Å². The van der Waals surface area contributed by atoms with Gasteiger partial charge in [-0.15, -0.1) is 5.54 Å². The number of benzene rings is 2. The zero-order chi connectivity index (χ0) is 32.6. The molecule has 43 heavy (non-hydrogen) atoms. The van der Waals surface area contributed by atoms with Crippen molar-refractivity contribution in [2.75, 3.05) is 0 Å². The molecule has 0 atom stereocenters. The summed E-state index contributed by atoms with van der Waals surface area (Å²) in [6.45, 7) is 24.0. The zero-order valence-electron chi connectivity index (χ0n) is 28.7. The van der Waals surface area contributed by atoms with Crippen molar-refractivity contribution in [1.29, 1.82) is 0 Å². The van der Waals surface area contributed by atoms with Gasteiger partial charge in [0.25, 0.3) is 0 Å². The van der Waals surface area contributed by atoms with E-state index in [1.165, 1.54) is 31.7 Å². The van der Waals surface area contributed by atoms with Crippen molar-refractivity contribution in [2.45, 2.75) is 149 Å². The first kappa shape index (κ1) is 37.1. The van der Waals surface area contributed by atoms with E-state index in [0.717, 1.165) is 29.1 Å². The van der Waals surface area contributed by atoms with Crippen LogP contribution in [0.2, 0.25) is 16.6 Å². The molecule has 0 radical (unpaired) electrons. The topological polar surface area (TPSA) is 55.8 Å². The highest BCUT2D eigenvalue weighted by Gasteiger charge is 2.52. The second-order valence-electron chi connectivity index (χ2n) is 14.0. The van der Waals surface area contributed by atoms with E-state index in [2.05, 4.69) is 59.9 Å². The smallest absolute Gasteiger partial charge is 0.481 e. The molecule has 3 rings (SSSR count). The number of aliphatic carboxylic acids is 1. The van der Waals surface area contributed by atoms with Gasteiger partial charge < -0.3 is 14.4 Å². The molecule has 2 aromatic carbocycles. The molecule has 1 N–H and O–H groups in total. The summed E-state index contributed by atoms with van der Waals surface area (Å²) >= 11 is 0. The molecule has 0 unspecified atom stereocenters. The predicted octanol–water partition coefficient (Wildman–Crippen LogP) is 9.67. The van der Waals surface area contributed by atoms with Crippen LogP contribution in [0, 0.1) is 17.3 Å². The Morgan fingerprint density at radius 3 is 1.93 bits per heavy atom. The number of hydrogen-bond acceptors (Lipinski definition) is 3. The van der Waals surface area contributed by atoms with Gasteiger partial charge in [-0.05, 0) is 67.7 Å². The van der Waals surface area contributed by atoms with Crippen molar-refractivity contribution in [2.24, 2.45) is 0 Å². The number of halogens is 1. The fourth-order valence-corrected chi connectivity index (χ4v) is 11.5. The van der Waals surface area contributed by atoms with Crippen LogP contribution in [0.15, 0.2) is 30.3 Å². The lowest BCUT2D eigenvalue weighted by Gasteiger charge is -2.38. The third-order valence-corrected chi connectivity index (χ3v) is 15.8. The van der Waals surface area contributed by atoms with Crippen LogP contribution in [0.4, 0.5) is 4.39 Å². The third-order valence-electron chi connectivity index (χ3n) is 9.55. The average molecular weight is 611 g/mol. The number of rotatable bonds is 11. The van der Waals surface area contributed by atoms with Gasteiger partial charge in [0.15, 0.2) is 0 Å². The average Bonchev–Trinajstić information content (AvgIpc) is 3.13. The molecule has 2 aromatic rings. The Balaban J connectivity index is 0.000000499. The lowest BCUT2D eigenvalue weighted by molar-refractivity contribution is -0.137. The predicted molar refractivity (Wildman–Crippen MR) is 183 cm³/mol. The summed E-state index contributed by atoms with van der Waals surface area (Å²) in [5, 5.41) is 10.1. The highest BCUT2D eigenvalue weighted by molar-refractivity contribution is 6.90. The summed E-state index contributed by atoms with van der Waals surface area (Å²) < 4.78 is 28.0. The molecule has 1 saturated heterocycles. The number of carboxylic acids is 1. The molecule has 0 amide bonds. The SMILES string of the molecule is CC(C)[Si](C#Cc1c(F)ccc2cccc(B3OC(C)(C)C(C)(C)O3)c12)(C(C)C)C(C)C.CCCCCCCCC(=O)O. The van der Waals surface area contributed by atoms with Crippen LogP contribution in [0.1, 0.15) is 127 Å². The van der Waals surface area contributed by atoms with Crippen molar-refractivity contribution in [3.05, 3.63) is 41.7 Å². The van der Waals surface area contributed by atoms with Crippen molar-refractivity contribution in [3.63, 3.8) is 0 Å². The van der Waals surface area contributed by atoms with Gasteiger partial charge in [0.05, 0.1) is 16.8 Å². The second kappa shape index (κ2) is 15.7. The van der Waals surface area contributed by atoms with E-state index in [-0.39, 0.29) is 5.82 Å². The van der Waals surface area contributed by atoms with E-state index < -0.39 is 32.4 Å². The lowest BCUT2D eigenvalue weighted by Crippen LogP contribution is -2.43. The van der Waals surface area contributed by atoms with Gasteiger partial charge >= 0.3 is 13.1 Å². The molecule has 7 heteroatoms. The summed E-state index contributed by atoms with van der Waals surface area (Å²) in [6, 6.07) is 9.32. The Bertz CT molecular complexity index is 1240. The van der Waals surface area contributed by atoms with Gasteiger partial charge in [-0.1, -0.05) is 111 Å². The highest BCUT2D eigenvalue weighted by Crippen LogP contribution is 2.41. The summed E-state index contributed by atoms with van der Waals surface area (Å²) in [7, 11) is -2.57. The minimum atomic E-state index is -2.01. The maximum absolute atomic E-state index is 15.3. The normalized spacial score (nSPS) is 15.9. The van der Waals surface area contributed by atoms with Gasteiger partial charge in [0.1, 0.15) is 13.9 Å². The van der Waals surface area contributed by atoms with Crippen molar-refractivity contribution in [1.82, 2.24) is 0 Å². The quantitative estimate of drug-likeness (QED) is 0.156. The molecular weight excluding hydrogens is 554 g/mol. The molecule has 0 aromatic heterocycles. The highest BCUT2D eigenvalue weighted by atomic mass is 28.3. The minimum Gasteiger partial charge on any atom is -0.481 e. The first-order valence-electron chi connectivity index (χ1n) is 16.3. The van der Waals surface area contributed by atoms with E-state index in [9.17, 15) is 4.79 Å². The fourth-order valence-electron chi connectivity index (χ4n) is 6.33. The van der Waals surface area contributed by atoms with Gasteiger partial charge in [-0.3, -0.25) is 4.79 Å². The Kier molecular flexibility index (Phi) is 13.6. The Labute approximate surface area is 262 Å². The monoisotopic (exact) mass is 610 g/mol. The van der Waals surface area contributed by atoms with Crippen LogP contribution in [0.5, 0.6) is 0 Å². The molecule has 1 heterocycles. The van der Waals surface area contributed by atoms with Gasteiger partial charge in [0, 0.05) is 11.8 Å². The summed E-state index contributed by atoms with van der Waals surface area (Å²) in [5.41, 5.74) is 5.52. The summed E-state index contributed by atoms with van der Waals surface area (Å²) in [5.74, 6) is 2.42. The number of hydrogen-bond donors (Lipinski definition) is 1. The van der Waals surface area contributed by atoms with Gasteiger partial charge in [-0.2, -0.15) is 0 Å². The van der Waals surface area contributed by atoms with E-state index >= 15 is 4.39 Å². The molecule has 1 fully saturated rings. The Hall–Kier alpha value is -2.14. The van der Waals surface area contributed by atoms with Gasteiger partial charge in [0.2, 0.25) is 0 Å². The summed E-state index contributed by atoms with van der Waals surface area (Å²) in [6.07, 6.45) is 7.25. The number of carbonyl (C=O) groups is 1. The molecule has 0 spiro atoms. The van der Waals surface area contributed by atoms with Crippen LogP contribution in [-0.4, -0.2) is 37.5 Å². The maximum Gasteiger partial charge on any atom is 0.495 e. The standard InChI is InChI=1S/C27H38BFO2Si.C9H18O2/c1-18(2)32(19(3)4,20(5)6)17-16-22-24(29)15-14-21-12-11-13-23(25(21)22)28-30-26(7,8)27(9,10)31-28;1-2-3-4-5-6-7-8-9(10)11/h11-15,18-20H,1-10H3;2-8H2,1H3,(H,10,11). The minimum absolute atomic E-state index is 0.284. The molecule has 0 bridgehead atoms. The van der Waals surface area contributed by atoms with Crippen molar-refractivity contribution >= 4 is 37.4 Å². The van der Waals surface area contributed by atoms with Crippen LogP contribution in [0.3, 0.4) is 0 Å². The van der Waals surface area contributed by atoms with Crippen LogP contribution < -0.4 is 5.46 Å². The molecular formula is C36H56BFO4Si. The van der Waals surface area contributed by atoms with E-state index in [1.807, 2.05) is 52.0 Å². The first-order chi connectivity index (χ1) is 20.0. The van der Waals surface area contributed by atoms with Crippen LogP contribution in [-0.2, 0) is 14.1 Å². The third kappa shape index (κ3) is 8.96. The second-order valence-corrected chi connectivity index (χ2v) is 19.6. The Morgan fingerprint density at radius 2 is 1.42 bits per heavy atom. The van der Waals surface area contributed by atoms with Crippen molar-refractivity contribution < 1.29 is 23.6 Å². The lowest BCUT2D eigenvalue weighted by atomic mass is 9.75. The fraction of sp³-hybridized carbons (Fsp3) is 0.639. The Morgan fingerprint density at radius 1 is 0.884 bits per heavy atom. The van der Waals surface area contributed by atoms with Crippen LogP contribution >= 0.6 is 0 Å². The van der Waals surface area contributed by atoms with E-state index in [4.69, 9.17) is 14.4 Å². The number of carboxylic acid groups (broad SMARTS) is 1. The number of unbranched alkanes of at least 4 members (excludes halogenated alkanes) is 5. The molecule has 1 aliphatic rings. The van der Waals surface area contributed by atoms with E-state index in [0.29, 0.717) is 28.6 Å². The zero-order valence-corrected chi connectivity index (χ0v) is 29.7.